The van der Waals surface area contributed by atoms with Crippen molar-refractivity contribution < 1.29 is 19.7 Å². The lowest BCUT2D eigenvalue weighted by Gasteiger charge is -2.15. The Hall–Kier alpha value is -2.27. The first-order chi connectivity index (χ1) is 13.5. The van der Waals surface area contributed by atoms with Gasteiger partial charge in [0, 0.05) is 31.1 Å². The summed E-state index contributed by atoms with van der Waals surface area (Å²) in [5, 5.41) is 21.8. The van der Waals surface area contributed by atoms with Crippen molar-refractivity contribution in [3.63, 3.8) is 0 Å². The van der Waals surface area contributed by atoms with E-state index < -0.39 is 24.1 Å². The molecule has 1 aromatic heterocycles. The van der Waals surface area contributed by atoms with Gasteiger partial charge in [-0.3, -0.25) is 9.36 Å². The summed E-state index contributed by atoms with van der Waals surface area (Å²) in [6.45, 7) is 0.612. The first-order valence-corrected chi connectivity index (χ1v) is 9.42. The van der Waals surface area contributed by atoms with Gasteiger partial charge in [0.15, 0.2) is 0 Å². The van der Waals surface area contributed by atoms with E-state index in [0.717, 1.165) is 19.3 Å². The third kappa shape index (κ3) is 6.13. The highest BCUT2D eigenvalue weighted by Gasteiger charge is 2.35. The predicted octanol–water partition coefficient (Wildman–Crippen LogP) is -0.885. The Bertz CT molecular complexity index is 736. The number of nitrogens with zero attached hydrogens (tertiary/aromatic N) is 2. The molecule has 1 amide bonds. The lowest BCUT2D eigenvalue weighted by atomic mass is 10.2. The minimum Gasteiger partial charge on any atom is -0.394 e. The van der Waals surface area contributed by atoms with Gasteiger partial charge in [0.2, 0.25) is 5.91 Å². The van der Waals surface area contributed by atoms with Crippen LogP contribution in [0.2, 0.25) is 0 Å². The zero-order valence-electron chi connectivity index (χ0n) is 15.8. The number of aliphatic hydroxyl groups excluding tert-OH is 2. The summed E-state index contributed by atoms with van der Waals surface area (Å²) >= 11 is 0. The number of aromatic nitrogens is 2. The summed E-state index contributed by atoms with van der Waals surface area (Å²) < 4.78 is 6.73. The number of hydrogen-bond acceptors (Lipinski definition) is 8. The van der Waals surface area contributed by atoms with Gasteiger partial charge in [0.1, 0.15) is 18.1 Å². The Balaban J connectivity index is 1.94. The van der Waals surface area contributed by atoms with Crippen LogP contribution in [0.1, 0.15) is 43.9 Å². The largest absolute Gasteiger partial charge is 0.394 e. The molecule has 1 unspecified atom stereocenters. The SMILES string of the molecule is NCCCCCC(=O)NC/C=C/c1cn([C@H]2CC(O)[C@@H](CO)O2)c(=O)nc1N. The van der Waals surface area contributed by atoms with E-state index in [0.29, 0.717) is 25.1 Å². The van der Waals surface area contributed by atoms with Crippen LogP contribution in [0.15, 0.2) is 17.1 Å². The molecule has 0 spiro atoms. The fraction of sp³-hybridized carbons (Fsp3) is 0.611. The average Bonchev–Trinajstić information content (AvgIpc) is 3.04. The van der Waals surface area contributed by atoms with Crippen molar-refractivity contribution in [2.45, 2.75) is 50.5 Å². The zero-order valence-corrected chi connectivity index (χ0v) is 15.8. The van der Waals surface area contributed by atoms with E-state index in [1.165, 1.54) is 10.8 Å². The number of rotatable bonds is 10. The Morgan fingerprint density at radius 1 is 1.43 bits per heavy atom. The molecule has 156 valence electrons. The molecule has 1 aromatic rings. The van der Waals surface area contributed by atoms with Crippen molar-refractivity contribution in [3.05, 3.63) is 28.3 Å². The summed E-state index contributed by atoms with van der Waals surface area (Å²) in [6.07, 6.45) is 5.79. The summed E-state index contributed by atoms with van der Waals surface area (Å²) in [5.41, 5.74) is 11.1. The summed E-state index contributed by atoms with van der Waals surface area (Å²) in [5.74, 6) is 0.0176. The van der Waals surface area contributed by atoms with Crippen LogP contribution >= 0.6 is 0 Å². The molecule has 10 heteroatoms. The number of carbonyl (C=O) groups excluding carboxylic acids is 1. The Morgan fingerprint density at radius 2 is 2.21 bits per heavy atom. The van der Waals surface area contributed by atoms with E-state index in [-0.39, 0.29) is 24.8 Å². The van der Waals surface area contributed by atoms with Crippen molar-refractivity contribution in [1.29, 1.82) is 0 Å². The van der Waals surface area contributed by atoms with Crippen LogP contribution in [0, 0.1) is 0 Å². The minimum atomic E-state index is -0.862. The second kappa shape index (κ2) is 10.9. The summed E-state index contributed by atoms with van der Waals surface area (Å²) in [7, 11) is 0. The molecule has 1 aliphatic rings. The van der Waals surface area contributed by atoms with E-state index in [1.807, 2.05) is 0 Å². The molecule has 28 heavy (non-hydrogen) atoms. The second-order valence-corrected chi connectivity index (χ2v) is 6.69. The maximum absolute atomic E-state index is 12.1. The number of hydrogen-bond donors (Lipinski definition) is 5. The molecule has 0 aromatic carbocycles. The second-order valence-electron chi connectivity index (χ2n) is 6.69. The highest BCUT2D eigenvalue weighted by molar-refractivity contribution is 5.76. The number of nitrogens with one attached hydrogen (secondary N) is 1. The van der Waals surface area contributed by atoms with Gasteiger partial charge in [-0.1, -0.05) is 18.6 Å². The van der Waals surface area contributed by atoms with E-state index in [2.05, 4.69) is 10.3 Å². The van der Waals surface area contributed by atoms with Crippen molar-refractivity contribution in [2.75, 3.05) is 25.4 Å². The van der Waals surface area contributed by atoms with E-state index >= 15 is 0 Å². The number of nitrogens with two attached hydrogens (primary N) is 2. The number of aliphatic hydroxyl groups is 2. The molecular formula is C18H29N5O5. The lowest BCUT2D eigenvalue weighted by Crippen LogP contribution is -2.28. The van der Waals surface area contributed by atoms with Gasteiger partial charge in [0.25, 0.3) is 0 Å². The number of unbranched alkanes of at least 4 members (excludes halogenated alkanes) is 2. The quantitative estimate of drug-likeness (QED) is 0.318. The van der Waals surface area contributed by atoms with Crippen LogP contribution in [-0.4, -0.2) is 57.6 Å². The number of ether oxygens (including phenoxy) is 1. The molecular weight excluding hydrogens is 366 g/mol. The van der Waals surface area contributed by atoms with Crippen LogP contribution in [0.3, 0.4) is 0 Å². The maximum Gasteiger partial charge on any atom is 0.351 e. The van der Waals surface area contributed by atoms with Crippen LogP contribution in [0.25, 0.3) is 6.08 Å². The molecule has 3 atom stereocenters. The molecule has 1 fully saturated rings. The Labute approximate surface area is 163 Å². The molecule has 2 rings (SSSR count). The van der Waals surface area contributed by atoms with Gasteiger partial charge in [-0.05, 0) is 19.4 Å². The molecule has 7 N–H and O–H groups in total. The molecule has 0 aliphatic carbocycles. The van der Waals surface area contributed by atoms with Gasteiger partial charge < -0.3 is 31.7 Å². The van der Waals surface area contributed by atoms with Crippen molar-refractivity contribution in [2.24, 2.45) is 5.73 Å². The molecule has 1 aliphatic heterocycles. The highest BCUT2D eigenvalue weighted by Crippen LogP contribution is 2.27. The topological polar surface area (TPSA) is 166 Å². The number of carbonyl (C=O) groups is 1. The zero-order chi connectivity index (χ0) is 20.5. The fourth-order valence-electron chi connectivity index (χ4n) is 2.94. The van der Waals surface area contributed by atoms with E-state index in [9.17, 15) is 19.8 Å². The maximum atomic E-state index is 12.1. The lowest BCUT2D eigenvalue weighted by molar-refractivity contribution is -0.121. The molecule has 0 saturated carbocycles. The third-order valence-corrected chi connectivity index (χ3v) is 4.53. The van der Waals surface area contributed by atoms with Gasteiger partial charge in [0.05, 0.1) is 12.7 Å². The van der Waals surface area contributed by atoms with Crippen molar-refractivity contribution in [3.8, 4) is 0 Å². The smallest absolute Gasteiger partial charge is 0.351 e. The van der Waals surface area contributed by atoms with Crippen LogP contribution in [-0.2, 0) is 9.53 Å². The highest BCUT2D eigenvalue weighted by atomic mass is 16.5. The standard InChI is InChI=1S/C18H29N5O5/c19-7-3-1-2-6-15(26)21-8-4-5-12-10-23(18(27)22-17(12)20)16-9-13(25)14(11-24)28-16/h4-5,10,13-14,16,24-25H,1-3,6-9,11,19H2,(H,21,26)(H2,20,22,27)/b5-4+/t13?,14-,16-/m1/s1. The number of anilines is 1. The first-order valence-electron chi connectivity index (χ1n) is 9.42. The van der Waals surface area contributed by atoms with Gasteiger partial charge in [-0.25, -0.2) is 4.79 Å². The first kappa shape index (κ1) is 22.0. The number of nitrogen functional groups attached to an aromatic ring is 1. The van der Waals surface area contributed by atoms with Crippen molar-refractivity contribution >= 4 is 17.8 Å². The average molecular weight is 395 g/mol. The monoisotopic (exact) mass is 395 g/mol. The van der Waals surface area contributed by atoms with Crippen LogP contribution in [0.4, 0.5) is 5.82 Å². The van der Waals surface area contributed by atoms with E-state index in [1.54, 1.807) is 12.2 Å². The fourth-order valence-corrected chi connectivity index (χ4v) is 2.94. The summed E-state index contributed by atoms with van der Waals surface area (Å²) in [6, 6.07) is 0. The molecule has 10 nitrogen and oxygen atoms in total. The minimum absolute atomic E-state index is 0.0406. The van der Waals surface area contributed by atoms with Crippen molar-refractivity contribution in [1.82, 2.24) is 14.9 Å². The predicted molar refractivity (Wildman–Crippen MR) is 104 cm³/mol. The van der Waals surface area contributed by atoms with Gasteiger partial charge >= 0.3 is 5.69 Å². The molecule has 0 bridgehead atoms. The van der Waals surface area contributed by atoms with Crippen LogP contribution < -0.4 is 22.5 Å². The third-order valence-electron chi connectivity index (χ3n) is 4.53. The van der Waals surface area contributed by atoms with Crippen LogP contribution in [0.5, 0.6) is 0 Å². The van der Waals surface area contributed by atoms with Gasteiger partial charge in [-0.15, -0.1) is 0 Å². The Morgan fingerprint density at radius 3 is 2.89 bits per heavy atom. The molecule has 2 heterocycles. The number of amides is 1. The normalized spacial score (nSPS) is 22.0. The summed E-state index contributed by atoms with van der Waals surface area (Å²) in [4.78, 5) is 27.6. The van der Waals surface area contributed by atoms with E-state index in [4.69, 9.17) is 16.2 Å². The molecule has 0 radical (unpaired) electrons. The van der Waals surface area contributed by atoms with Gasteiger partial charge in [-0.2, -0.15) is 4.98 Å². The Kier molecular flexibility index (Phi) is 8.58. The molecule has 1 saturated heterocycles.